The van der Waals surface area contributed by atoms with E-state index in [2.05, 4.69) is 5.10 Å². The molecule has 2 rings (SSSR count). The molecular formula is C16H18ClN3O3. The molecule has 1 unspecified atom stereocenters. The molecule has 1 amide bonds. The standard InChI is InChI=1S/C16H18ClN3O3/c1-10(16(22)23)9-19(3)15(21)14-8-18-20(11(14)2)13-6-4-12(17)5-7-13/h4-8,10H,9H2,1-3H3,(H,22,23). The summed E-state index contributed by atoms with van der Waals surface area (Å²) in [5.41, 5.74) is 1.93. The molecular weight excluding hydrogens is 318 g/mol. The molecule has 0 fully saturated rings. The van der Waals surface area contributed by atoms with Crippen molar-refractivity contribution in [3.8, 4) is 5.69 Å². The van der Waals surface area contributed by atoms with E-state index in [9.17, 15) is 9.59 Å². The second-order valence-corrected chi connectivity index (χ2v) is 5.89. The van der Waals surface area contributed by atoms with Crippen LogP contribution in [0.1, 0.15) is 23.0 Å². The molecule has 122 valence electrons. The average Bonchev–Trinajstić information content (AvgIpc) is 2.88. The Hall–Kier alpha value is -2.34. The Morgan fingerprint density at radius 1 is 1.35 bits per heavy atom. The highest BCUT2D eigenvalue weighted by molar-refractivity contribution is 6.30. The third kappa shape index (κ3) is 3.71. The van der Waals surface area contributed by atoms with Crippen molar-refractivity contribution in [3.05, 3.63) is 46.7 Å². The van der Waals surface area contributed by atoms with Crippen LogP contribution in [0.15, 0.2) is 30.5 Å². The average molecular weight is 336 g/mol. The third-order valence-electron chi connectivity index (χ3n) is 3.63. The van der Waals surface area contributed by atoms with Crippen LogP contribution in [0, 0.1) is 12.8 Å². The largest absolute Gasteiger partial charge is 0.481 e. The molecule has 6 nitrogen and oxygen atoms in total. The molecule has 0 radical (unpaired) electrons. The van der Waals surface area contributed by atoms with E-state index in [1.54, 1.807) is 37.7 Å². The quantitative estimate of drug-likeness (QED) is 0.911. The lowest BCUT2D eigenvalue weighted by atomic mass is 10.1. The topological polar surface area (TPSA) is 75.4 Å². The fourth-order valence-electron chi connectivity index (χ4n) is 2.24. The lowest BCUT2D eigenvalue weighted by molar-refractivity contribution is -0.141. The maximum absolute atomic E-state index is 12.5. The van der Waals surface area contributed by atoms with Crippen LogP contribution in [-0.4, -0.2) is 45.3 Å². The third-order valence-corrected chi connectivity index (χ3v) is 3.88. The monoisotopic (exact) mass is 335 g/mol. The Morgan fingerprint density at radius 3 is 2.52 bits per heavy atom. The molecule has 7 heteroatoms. The van der Waals surface area contributed by atoms with Crippen molar-refractivity contribution in [2.45, 2.75) is 13.8 Å². The zero-order valence-electron chi connectivity index (χ0n) is 13.2. The number of rotatable bonds is 5. The zero-order chi connectivity index (χ0) is 17.1. The number of carbonyl (C=O) groups excluding carboxylic acids is 1. The van der Waals surface area contributed by atoms with Gasteiger partial charge in [-0.25, -0.2) is 4.68 Å². The maximum Gasteiger partial charge on any atom is 0.308 e. The first kappa shape index (κ1) is 17.0. The number of hydrogen-bond acceptors (Lipinski definition) is 3. The number of carbonyl (C=O) groups is 2. The van der Waals surface area contributed by atoms with Crippen molar-refractivity contribution in [3.63, 3.8) is 0 Å². The minimum atomic E-state index is -0.932. The van der Waals surface area contributed by atoms with E-state index in [0.717, 1.165) is 5.69 Å². The Morgan fingerprint density at radius 2 is 1.96 bits per heavy atom. The molecule has 1 heterocycles. The number of amides is 1. The Kier molecular flexibility index (Phi) is 5.05. The molecule has 1 atom stereocenters. The van der Waals surface area contributed by atoms with Crippen LogP contribution >= 0.6 is 11.6 Å². The van der Waals surface area contributed by atoms with Crippen LogP contribution in [0.3, 0.4) is 0 Å². The van der Waals surface area contributed by atoms with E-state index < -0.39 is 11.9 Å². The number of hydrogen-bond donors (Lipinski definition) is 1. The van der Waals surface area contributed by atoms with Gasteiger partial charge in [0.2, 0.25) is 0 Å². The van der Waals surface area contributed by atoms with Crippen LogP contribution in [0.25, 0.3) is 5.69 Å². The number of halogens is 1. The SMILES string of the molecule is Cc1c(C(=O)N(C)CC(C)C(=O)O)cnn1-c1ccc(Cl)cc1. The van der Waals surface area contributed by atoms with Crippen molar-refractivity contribution in [2.75, 3.05) is 13.6 Å². The fraction of sp³-hybridized carbons (Fsp3) is 0.312. The first-order chi connectivity index (χ1) is 10.8. The Bertz CT molecular complexity index is 725. The van der Waals surface area contributed by atoms with Gasteiger partial charge >= 0.3 is 5.97 Å². The summed E-state index contributed by atoms with van der Waals surface area (Å²) < 4.78 is 1.65. The molecule has 0 saturated carbocycles. The summed E-state index contributed by atoms with van der Waals surface area (Å²) in [5, 5.41) is 13.8. The molecule has 0 saturated heterocycles. The molecule has 1 N–H and O–H groups in total. The zero-order valence-corrected chi connectivity index (χ0v) is 13.9. The van der Waals surface area contributed by atoms with E-state index >= 15 is 0 Å². The number of aromatic nitrogens is 2. The van der Waals surface area contributed by atoms with Gasteiger partial charge in [0.25, 0.3) is 5.91 Å². The molecule has 0 spiro atoms. The van der Waals surface area contributed by atoms with Crippen molar-refractivity contribution in [1.82, 2.24) is 14.7 Å². The van der Waals surface area contributed by atoms with Crippen molar-refractivity contribution in [1.29, 1.82) is 0 Å². The van der Waals surface area contributed by atoms with E-state index in [1.165, 1.54) is 11.1 Å². The second-order valence-electron chi connectivity index (χ2n) is 5.46. The summed E-state index contributed by atoms with van der Waals surface area (Å²) >= 11 is 5.87. The first-order valence-electron chi connectivity index (χ1n) is 7.10. The van der Waals surface area contributed by atoms with Crippen molar-refractivity contribution in [2.24, 2.45) is 5.92 Å². The van der Waals surface area contributed by atoms with Crippen LogP contribution in [0.5, 0.6) is 0 Å². The van der Waals surface area contributed by atoms with E-state index in [-0.39, 0.29) is 12.5 Å². The predicted octanol–water partition coefficient (Wildman–Crippen LogP) is 2.63. The lowest BCUT2D eigenvalue weighted by Gasteiger charge is -2.19. The summed E-state index contributed by atoms with van der Waals surface area (Å²) in [5.74, 6) is -1.82. The van der Waals surface area contributed by atoms with Crippen molar-refractivity contribution >= 4 is 23.5 Å². The summed E-state index contributed by atoms with van der Waals surface area (Å²) in [6.45, 7) is 3.50. The van der Waals surface area contributed by atoms with Crippen LogP contribution in [-0.2, 0) is 4.79 Å². The molecule has 23 heavy (non-hydrogen) atoms. The molecule has 1 aromatic carbocycles. The van der Waals surface area contributed by atoms with Gasteiger partial charge < -0.3 is 10.0 Å². The lowest BCUT2D eigenvalue weighted by Crippen LogP contribution is -2.33. The number of nitrogens with zero attached hydrogens (tertiary/aromatic N) is 3. The summed E-state index contributed by atoms with van der Waals surface area (Å²) in [6.07, 6.45) is 1.49. The Balaban J connectivity index is 2.23. The molecule has 0 aliphatic rings. The highest BCUT2D eigenvalue weighted by Crippen LogP contribution is 2.18. The summed E-state index contributed by atoms with van der Waals surface area (Å²) in [7, 11) is 1.58. The number of benzene rings is 1. The van der Waals surface area contributed by atoms with Crippen LogP contribution in [0.2, 0.25) is 5.02 Å². The first-order valence-corrected chi connectivity index (χ1v) is 7.48. The van der Waals surface area contributed by atoms with Gasteiger partial charge in [-0.15, -0.1) is 0 Å². The van der Waals surface area contributed by atoms with E-state index in [0.29, 0.717) is 16.3 Å². The van der Waals surface area contributed by atoms with Gasteiger partial charge in [0.05, 0.1) is 29.1 Å². The summed E-state index contributed by atoms with van der Waals surface area (Å²) in [4.78, 5) is 24.8. The Labute approximate surface area is 139 Å². The fourth-order valence-corrected chi connectivity index (χ4v) is 2.37. The molecule has 0 aliphatic carbocycles. The van der Waals surface area contributed by atoms with E-state index in [1.807, 2.05) is 12.1 Å². The minimum absolute atomic E-state index is 0.139. The minimum Gasteiger partial charge on any atom is -0.481 e. The van der Waals surface area contributed by atoms with Crippen LogP contribution < -0.4 is 0 Å². The van der Waals surface area contributed by atoms with Gasteiger partial charge in [-0.1, -0.05) is 18.5 Å². The van der Waals surface area contributed by atoms with E-state index in [4.69, 9.17) is 16.7 Å². The number of carboxylic acid groups (broad SMARTS) is 1. The predicted molar refractivity (Wildman–Crippen MR) is 87.1 cm³/mol. The molecule has 2 aromatic rings. The smallest absolute Gasteiger partial charge is 0.308 e. The van der Waals surface area contributed by atoms with Gasteiger partial charge in [-0.05, 0) is 31.2 Å². The normalized spacial score (nSPS) is 12.0. The molecule has 0 bridgehead atoms. The number of carboxylic acids is 1. The van der Waals surface area contributed by atoms with Gasteiger partial charge in [-0.3, -0.25) is 9.59 Å². The van der Waals surface area contributed by atoms with Crippen molar-refractivity contribution < 1.29 is 14.7 Å². The maximum atomic E-state index is 12.5. The molecule has 1 aromatic heterocycles. The highest BCUT2D eigenvalue weighted by Gasteiger charge is 2.22. The molecule has 0 aliphatic heterocycles. The second kappa shape index (κ2) is 6.83. The summed E-state index contributed by atoms with van der Waals surface area (Å²) in [6, 6.07) is 7.12. The van der Waals surface area contributed by atoms with Gasteiger partial charge in [-0.2, -0.15) is 5.10 Å². The number of aliphatic carboxylic acids is 1. The van der Waals surface area contributed by atoms with Gasteiger partial charge in [0.1, 0.15) is 0 Å². The highest BCUT2D eigenvalue weighted by atomic mass is 35.5. The van der Waals surface area contributed by atoms with Gasteiger partial charge in [0, 0.05) is 18.6 Å². The van der Waals surface area contributed by atoms with Crippen LogP contribution in [0.4, 0.5) is 0 Å². The van der Waals surface area contributed by atoms with Gasteiger partial charge in [0.15, 0.2) is 0 Å².